The number of ether oxygens (including phenoxy) is 2. The Labute approximate surface area is 159 Å². The summed E-state index contributed by atoms with van der Waals surface area (Å²) in [6.45, 7) is 5.32. The third kappa shape index (κ3) is 5.74. The minimum Gasteiger partial charge on any atom is -0.497 e. The number of carboxylic acids is 1. The molecule has 0 aliphatic rings. The molecule has 0 saturated heterocycles. The molecule has 0 saturated carbocycles. The van der Waals surface area contributed by atoms with E-state index >= 15 is 0 Å². The summed E-state index contributed by atoms with van der Waals surface area (Å²) in [7, 11) is 1.57. The molecule has 6 heteroatoms. The molecule has 2 rings (SSSR count). The molecule has 2 aromatic rings. The van der Waals surface area contributed by atoms with Crippen molar-refractivity contribution in [2.75, 3.05) is 7.11 Å². The quantitative estimate of drug-likeness (QED) is 0.821. The maximum absolute atomic E-state index is 12.8. The highest BCUT2D eigenvalue weighted by molar-refractivity contribution is 5.81. The number of amides is 1. The summed E-state index contributed by atoms with van der Waals surface area (Å²) in [6.07, 6.45) is -0.686. The molecule has 6 nitrogen and oxygen atoms in total. The molecule has 0 heterocycles. The van der Waals surface area contributed by atoms with Crippen LogP contribution in [0.1, 0.15) is 37.9 Å². The van der Waals surface area contributed by atoms with Crippen molar-refractivity contribution in [3.05, 3.63) is 65.7 Å². The molecule has 144 valence electrons. The standard InChI is InChI=1S/C21H25NO5/c1-21(2,3)27-20(25)22(14-15-10-12-17(26-4)13-11-15)18(19(23)24)16-8-6-5-7-9-16/h5-13,18H,14H2,1-4H3,(H,23,24)/t18-/m1/s1. The van der Waals surface area contributed by atoms with Crippen molar-refractivity contribution >= 4 is 12.1 Å². The first kappa shape index (κ1) is 20.3. The van der Waals surface area contributed by atoms with E-state index in [1.807, 2.05) is 0 Å². The first-order chi connectivity index (χ1) is 12.7. The Kier molecular flexibility index (Phi) is 6.45. The van der Waals surface area contributed by atoms with Crippen LogP contribution in [0.4, 0.5) is 4.79 Å². The third-order valence-corrected chi connectivity index (χ3v) is 3.80. The normalized spacial score (nSPS) is 12.1. The number of benzene rings is 2. The van der Waals surface area contributed by atoms with E-state index < -0.39 is 23.7 Å². The van der Waals surface area contributed by atoms with Crippen LogP contribution in [-0.4, -0.2) is 34.8 Å². The summed E-state index contributed by atoms with van der Waals surface area (Å²) >= 11 is 0. The van der Waals surface area contributed by atoms with Crippen molar-refractivity contribution < 1.29 is 24.2 Å². The van der Waals surface area contributed by atoms with Crippen LogP contribution in [-0.2, 0) is 16.1 Å². The largest absolute Gasteiger partial charge is 0.497 e. The predicted molar refractivity (Wildman–Crippen MR) is 102 cm³/mol. The van der Waals surface area contributed by atoms with Gasteiger partial charge in [0.2, 0.25) is 0 Å². The average molecular weight is 371 g/mol. The lowest BCUT2D eigenvalue weighted by Gasteiger charge is -2.31. The van der Waals surface area contributed by atoms with Crippen LogP contribution in [0.3, 0.4) is 0 Å². The van der Waals surface area contributed by atoms with Crippen molar-refractivity contribution in [2.24, 2.45) is 0 Å². The van der Waals surface area contributed by atoms with Crippen LogP contribution in [0, 0.1) is 0 Å². The lowest BCUT2D eigenvalue weighted by atomic mass is 10.0. The summed E-state index contributed by atoms with van der Waals surface area (Å²) < 4.78 is 10.6. The first-order valence-corrected chi connectivity index (χ1v) is 8.61. The number of carboxylic acid groups (broad SMARTS) is 1. The molecule has 0 radical (unpaired) electrons. The molecule has 1 amide bonds. The minimum absolute atomic E-state index is 0.0881. The second kappa shape index (κ2) is 8.58. The average Bonchev–Trinajstić information content (AvgIpc) is 2.61. The maximum atomic E-state index is 12.8. The maximum Gasteiger partial charge on any atom is 0.411 e. The summed E-state index contributed by atoms with van der Waals surface area (Å²) in [5.41, 5.74) is 0.530. The van der Waals surface area contributed by atoms with E-state index in [1.54, 1.807) is 82.5 Å². The third-order valence-electron chi connectivity index (χ3n) is 3.80. The van der Waals surface area contributed by atoms with Crippen LogP contribution >= 0.6 is 0 Å². The zero-order chi connectivity index (χ0) is 20.0. The van der Waals surface area contributed by atoms with E-state index in [0.29, 0.717) is 11.3 Å². The molecule has 1 N–H and O–H groups in total. The van der Waals surface area contributed by atoms with Crippen molar-refractivity contribution in [2.45, 2.75) is 39.0 Å². The van der Waals surface area contributed by atoms with Gasteiger partial charge < -0.3 is 14.6 Å². The minimum atomic E-state index is -1.16. The zero-order valence-electron chi connectivity index (χ0n) is 16.0. The Balaban J connectivity index is 2.40. The van der Waals surface area contributed by atoms with Gasteiger partial charge in [0.25, 0.3) is 0 Å². The fourth-order valence-electron chi connectivity index (χ4n) is 2.60. The monoisotopic (exact) mass is 371 g/mol. The molecule has 0 aliphatic carbocycles. The number of hydrogen-bond acceptors (Lipinski definition) is 4. The smallest absolute Gasteiger partial charge is 0.411 e. The van der Waals surface area contributed by atoms with Crippen LogP contribution in [0.5, 0.6) is 5.75 Å². The van der Waals surface area contributed by atoms with E-state index in [1.165, 1.54) is 4.90 Å². The predicted octanol–water partition coefficient (Wildman–Crippen LogP) is 4.26. The highest BCUT2D eigenvalue weighted by atomic mass is 16.6. The number of nitrogens with zero attached hydrogens (tertiary/aromatic N) is 1. The van der Waals surface area contributed by atoms with Crippen molar-refractivity contribution in [1.82, 2.24) is 4.90 Å². The Morgan fingerprint density at radius 1 is 1.04 bits per heavy atom. The molecule has 0 aliphatic heterocycles. The van der Waals surface area contributed by atoms with E-state index in [2.05, 4.69) is 0 Å². The van der Waals surface area contributed by atoms with Gasteiger partial charge in [0.05, 0.1) is 13.7 Å². The van der Waals surface area contributed by atoms with Gasteiger partial charge in [0.1, 0.15) is 11.4 Å². The Bertz CT molecular complexity index is 765. The Morgan fingerprint density at radius 2 is 1.63 bits per heavy atom. The molecular formula is C21H25NO5. The van der Waals surface area contributed by atoms with E-state index in [9.17, 15) is 14.7 Å². The van der Waals surface area contributed by atoms with Gasteiger partial charge in [-0.25, -0.2) is 9.59 Å². The number of methoxy groups -OCH3 is 1. The highest BCUT2D eigenvalue weighted by Crippen LogP contribution is 2.26. The summed E-state index contributed by atoms with van der Waals surface area (Å²) in [4.78, 5) is 26.1. The number of carbonyl (C=O) groups is 2. The highest BCUT2D eigenvalue weighted by Gasteiger charge is 2.34. The van der Waals surface area contributed by atoms with E-state index in [4.69, 9.17) is 9.47 Å². The van der Waals surface area contributed by atoms with Crippen LogP contribution in [0.15, 0.2) is 54.6 Å². The van der Waals surface area contributed by atoms with Gasteiger partial charge in [0, 0.05) is 0 Å². The van der Waals surface area contributed by atoms with Gasteiger partial charge in [-0.3, -0.25) is 4.90 Å². The molecular weight excluding hydrogens is 346 g/mol. The SMILES string of the molecule is COc1ccc(CN(C(=O)OC(C)(C)C)[C@@H](C(=O)O)c2ccccc2)cc1. The summed E-state index contributed by atoms with van der Waals surface area (Å²) in [5, 5.41) is 9.84. The second-order valence-electron chi connectivity index (χ2n) is 7.11. The number of rotatable bonds is 6. The van der Waals surface area contributed by atoms with Gasteiger partial charge in [-0.05, 0) is 44.0 Å². The lowest BCUT2D eigenvalue weighted by molar-refractivity contribution is -0.143. The topological polar surface area (TPSA) is 76.1 Å². The second-order valence-corrected chi connectivity index (χ2v) is 7.11. The zero-order valence-corrected chi connectivity index (χ0v) is 16.0. The Morgan fingerprint density at radius 3 is 2.11 bits per heavy atom. The van der Waals surface area contributed by atoms with Gasteiger partial charge in [-0.2, -0.15) is 0 Å². The number of carbonyl (C=O) groups excluding carboxylic acids is 1. The van der Waals surface area contributed by atoms with Crippen molar-refractivity contribution in [1.29, 1.82) is 0 Å². The molecule has 0 spiro atoms. The van der Waals surface area contributed by atoms with Gasteiger partial charge in [-0.1, -0.05) is 42.5 Å². The molecule has 0 bridgehead atoms. The van der Waals surface area contributed by atoms with Crippen LogP contribution in [0.25, 0.3) is 0 Å². The fraction of sp³-hybridized carbons (Fsp3) is 0.333. The number of hydrogen-bond donors (Lipinski definition) is 1. The van der Waals surface area contributed by atoms with Crippen molar-refractivity contribution in [3.8, 4) is 5.75 Å². The fourth-order valence-corrected chi connectivity index (χ4v) is 2.60. The van der Waals surface area contributed by atoms with E-state index in [-0.39, 0.29) is 6.54 Å². The van der Waals surface area contributed by atoms with Gasteiger partial charge >= 0.3 is 12.1 Å². The molecule has 1 atom stereocenters. The van der Waals surface area contributed by atoms with Gasteiger partial charge in [0.15, 0.2) is 6.04 Å². The Hall–Kier alpha value is -3.02. The van der Waals surface area contributed by atoms with Crippen LogP contribution in [0.2, 0.25) is 0 Å². The van der Waals surface area contributed by atoms with E-state index in [0.717, 1.165) is 5.56 Å². The molecule has 2 aromatic carbocycles. The van der Waals surface area contributed by atoms with Gasteiger partial charge in [-0.15, -0.1) is 0 Å². The molecule has 27 heavy (non-hydrogen) atoms. The van der Waals surface area contributed by atoms with Crippen LogP contribution < -0.4 is 4.74 Å². The van der Waals surface area contributed by atoms with Crippen molar-refractivity contribution in [3.63, 3.8) is 0 Å². The summed E-state index contributed by atoms with van der Waals surface area (Å²) in [5.74, 6) is -0.444. The lowest BCUT2D eigenvalue weighted by Crippen LogP contribution is -2.41. The molecule has 0 fully saturated rings. The summed E-state index contributed by atoms with van der Waals surface area (Å²) in [6, 6.07) is 14.6. The molecule has 0 aromatic heterocycles. The number of aliphatic carboxylic acids is 1. The molecule has 0 unspecified atom stereocenters. The first-order valence-electron chi connectivity index (χ1n) is 8.61.